The Labute approximate surface area is 297 Å². The van der Waals surface area contributed by atoms with Crippen LogP contribution in [0.15, 0.2) is 170 Å². The molecule has 0 spiro atoms. The monoisotopic (exact) mass is 664 g/mol. The number of benzene rings is 7. The predicted octanol–water partition coefficient (Wildman–Crippen LogP) is 11.1. The van der Waals surface area contributed by atoms with Gasteiger partial charge in [0.2, 0.25) is 0 Å². The van der Waals surface area contributed by atoms with Gasteiger partial charge in [0.1, 0.15) is 11.4 Å². The average molecular weight is 665 g/mol. The second-order valence-corrected chi connectivity index (χ2v) is 13.1. The number of para-hydroxylation sites is 6. The van der Waals surface area contributed by atoms with Gasteiger partial charge in [0.05, 0.1) is 44.1 Å². The Morgan fingerprint density at radius 3 is 1.06 bits per heavy atom. The third-order valence-corrected chi connectivity index (χ3v) is 10.1. The topological polar surface area (TPSA) is 61.4 Å². The summed E-state index contributed by atoms with van der Waals surface area (Å²) in [4.78, 5) is 21.4. The maximum Gasteiger partial charge on any atom is 0.165 e. The highest BCUT2D eigenvalue weighted by molar-refractivity contribution is 6.24. The summed E-state index contributed by atoms with van der Waals surface area (Å²) in [6.45, 7) is 0. The highest BCUT2D eigenvalue weighted by Gasteiger charge is 2.26. The lowest BCUT2D eigenvalue weighted by atomic mass is 10.1. The Kier molecular flexibility index (Phi) is 6.15. The molecule has 52 heavy (non-hydrogen) atoms. The molecule has 0 aliphatic heterocycles. The van der Waals surface area contributed by atoms with Gasteiger partial charge in [-0.05, 0) is 36.4 Å². The summed E-state index contributed by atoms with van der Waals surface area (Å²) < 4.78 is 4.64. The first-order valence-electron chi connectivity index (χ1n) is 17.4. The fraction of sp³-hybridized carbons (Fsp3) is 0. The molecule has 4 heterocycles. The fourth-order valence-electron chi connectivity index (χ4n) is 7.81. The molecule has 0 saturated carbocycles. The molecule has 0 atom stereocenters. The van der Waals surface area contributed by atoms with E-state index in [-0.39, 0.29) is 0 Å². The van der Waals surface area contributed by atoms with Crippen molar-refractivity contribution in [2.75, 3.05) is 0 Å². The van der Waals surface area contributed by atoms with Crippen LogP contribution < -0.4 is 0 Å². The maximum atomic E-state index is 5.43. The molecule has 242 valence electrons. The van der Waals surface area contributed by atoms with E-state index in [4.69, 9.17) is 19.9 Å². The van der Waals surface area contributed by atoms with Crippen LogP contribution in [0.25, 0.3) is 99.8 Å². The van der Waals surface area contributed by atoms with Gasteiger partial charge in [0, 0.05) is 32.7 Å². The van der Waals surface area contributed by atoms with Crippen molar-refractivity contribution in [1.29, 1.82) is 0 Å². The molecule has 0 radical (unpaired) electrons. The van der Waals surface area contributed by atoms with Crippen molar-refractivity contribution >= 4 is 65.7 Å². The van der Waals surface area contributed by atoms with Gasteiger partial charge in [-0.2, -0.15) is 0 Å². The van der Waals surface area contributed by atoms with Gasteiger partial charge in [-0.3, -0.25) is 9.13 Å². The standard InChI is InChI=1S/C46H28N6/c1-3-15-29(16-4-1)41-45(49-37-23-11-9-21-35(37)47-41)51-39-25-13-7-19-31(39)33-27-28-34-32-20-8-14-26-40(32)52(44(34)43(33)51)46-42(30-17-5-2-6-18-30)48-36-22-10-12-24-38(36)50-46/h1-28H. The number of aromatic nitrogens is 6. The van der Waals surface area contributed by atoms with E-state index in [0.29, 0.717) is 0 Å². The van der Waals surface area contributed by atoms with Crippen LogP contribution in [0, 0.1) is 0 Å². The number of hydrogen-bond donors (Lipinski definition) is 0. The number of hydrogen-bond acceptors (Lipinski definition) is 4. The first-order chi connectivity index (χ1) is 25.8. The number of fused-ring (bicyclic) bond motifs is 9. The van der Waals surface area contributed by atoms with E-state index >= 15 is 0 Å². The van der Waals surface area contributed by atoms with Crippen LogP contribution in [0.4, 0.5) is 0 Å². The largest absolute Gasteiger partial charge is 0.290 e. The van der Waals surface area contributed by atoms with Gasteiger partial charge >= 0.3 is 0 Å². The molecule has 0 fully saturated rings. The molecule has 4 aromatic heterocycles. The molecular weight excluding hydrogens is 637 g/mol. The Balaban J connectivity index is 1.37. The van der Waals surface area contributed by atoms with Crippen molar-refractivity contribution < 1.29 is 0 Å². The van der Waals surface area contributed by atoms with Gasteiger partial charge in [-0.15, -0.1) is 0 Å². The zero-order valence-electron chi connectivity index (χ0n) is 27.8. The molecule has 0 aliphatic carbocycles. The van der Waals surface area contributed by atoms with Crippen molar-refractivity contribution in [3.63, 3.8) is 0 Å². The zero-order valence-corrected chi connectivity index (χ0v) is 27.8. The summed E-state index contributed by atoms with van der Waals surface area (Å²) >= 11 is 0. The lowest BCUT2D eigenvalue weighted by Crippen LogP contribution is -2.06. The van der Waals surface area contributed by atoms with E-state index in [1.807, 2.05) is 60.7 Å². The van der Waals surface area contributed by atoms with Crippen molar-refractivity contribution in [1.82, 2.24) is 29.1 Å². The normalized spacial score (nSPS) is 11.8. The molecular formula is C46H28N6. The molecule has 0 saturated heterocycles. The van der Waals surface area contributed by atoms with Crippen LogP contribution in [-0.2, 0) is 0 Å². The summed E-state index contributed by atoms with van der Waals surface area (Å²) in [5, 5.41) is 4.52. The van der Waals surface area contributed by atoms with Crippen molar-refractivity contribution in [2.45, 2.75) is 0 Å². The first-order valence-corrected chi connectivity index (χ1v) is 17.4. The van der Waals surface area contributed by atoms with Crippen molar-refractivity contribution in [3.8, 4) is 34.2 Å². The van der Waals surface area contributed by atoms with Crippen LogP contribution in [0.5, 0.6) is 0 Å². The van der Waals surface area contributed by atoms with Crippen molar-refractivity contribution in [3.05, 3.63) is 170 Å². The highest BCUT2D eigenvalue weighted by atomic mass is 15.1. The average Bonchev–Trinajstić information content (AvgIpc) is 3.73. The number of rotatable bonds is 4. The minimum absolute atomic E-state index is 0.772. The molecule has 6 heteroatoms. The van der Waals surface area contributed by atoms with Crippen LogP contribution in [-0.4, -0.2) is 29.1 Å². The summed E-state index contributed by atoms with van der Waals surface area (Å²) in [5.74, 6) is 1.54. The Morgan fingerprint density at radius 2 is 0.635 bits per heavy atom. The second kappa shape index (κ2) is 11.2. The molecule has 0 unspecified atom stereocenters. The summed E-state index contributed by atoms with van der Waals surface area (Å²) in [7, 11) is 0. The molecule has 11 aromatic rings. The lowest BCUT2D eigenvalue weighted by Gasteiger charge is -2.16. The van der Waals surface area contributed by atoms with E-state index in [0.717, 1.165) is 99.8 Å². The lowest BCUT2D eigenvalue weighted by molar-refractivity contribution is 1.06. The van der Waals surface area contributed by atoms with Crippen LogP contribution in [0.1, 0.15) is 0 Å². The second-order valence-electron chi connectivity index (χ2n) is 13.1. The van der Waals surface area contributed by atoms with Crippen LogP contribution in [0.3, 0.4) is 0 Å². The highest BCUT2D eigenvalue weighted by Crippen LogP contribution is 2.43. The van der Waals surface area contributed by atoms with Gasteiger partial charge in [-0.1, -0.05) is 133 Å². The fourth-order valence-corrected chi connectivity index (χ4v) is 7.81. The van der Waals surface area contributed by atoms with Crippen LogP contribution >= 0.6 is 0 Å². The molecule has 7 aromatic carbocycles. The zero-order chi connectivity index (χ0) is 34.2. The molecule has 0 N–H and O–H groups in total. The summed E-state index contributed by atoms with van der Waals surface area (Å²) in [6, 6.07) is 58.7. The quantitative estimate of drug-likeness (QED) is 0.188. The Hall–Kier alpha value is -7.18. The minimum atomic E-state index is 0.772. The van der Waals surface area contributed by atoms with E-state index < -0.39 is 0 Å². The smallest absolute Gasteiger partial charge is 0.165 e. The Morgan fingerprint density at radius 1 is 0.288 bits per heavy atom. The van der Waals surface area contributed by atoms with Gasteiger partial charge in [0.15, 0.2) is 11.6 Å². The molecule has 6 nitrogen and oxygen atoms in total. The van der Waals surface area contributed by atoms with Crippen LogP contribution in [0.2, 0.25) is 0 Å². The van der Waals surface area contributed by atoms with E-state index in [1.54, 1.807) is 0 Å². The first kappa shape index (κ1) is 28.6. The summed E-state index contributed by atoms with van der Waals surface area (Å²) in [6.07, 6.45) is 0. The van der Waals surface area contributed by atoms with Crippen molar-refractivity contribution in [2.24, 2.45) is 0 Å². The van der Waals surface area contributed by atoms with Gasteiger partial charge in [0.25, 0.3) is 0 Å². The summed E-state index contributed by atoms with van der Waals surface area (Å²) in [5.41, 5.74) is 11.2. The van der Waals surface area contributed by atoms with Gasteiger partial charge in [-0.25, -0.2) is 19.9 Å². The maximum absolute atomic E-state index is 5.43. The predicted molar refractivity (Wildman–Crippen MR) is 212 cm³/mol. The third-order valence-electron chi connectivity index (χ3n) is 10.1. The van der Waals surface area contributed by atoms with E-state index in [2.05, 4.69) is 118 Å². The SMILES string of the molecule is c1ccc(-c2nc3ccccc3nc2-n2c3ccccc3c3ccc4c5ccccc5n(-c5nc6ccccc6nc5-c5ccccc5)c4c32)cc1. The molecule has 0 bridgehead atoms. The molecule has 0 aliphatic rings. The minimum Gasteiger partial charge on any atom is -0.290 e. The van der Waals surface area contributed by atoms with E-state index in [9.17, 15) is 0 Å². The van der Waals surface area contributed by atoms with Gasteiger partial charge < -0.3 is 0 Å². The number of nitrogens with zero attached hydrogens (tertiary/aromatic N) is 6. The Bertz CT molecular complexity index is 2960. The van der Waals surface area contributed by atoms with E-state index in [1.165, 1.54) is 0 Å². The third kappa shape index (κ3) is 4.18. The molecule has 0 amide bonds. The molecule has 11 rings (SSSR count).